The van der Waals surface area contributed by atoms with E-state index in [0.717, 1.165) is 50.8 Å². The number of ether oxygens (including phenoxy) is 1. The number of carbonyl (C=O) groups is 2. The van der Waals surface area contributed by atoms with E-state index in [0.29, 0.717) is 30.6 Å². The molecule has 0 radical (unpaired) electrons. The van der Waals surface area contributed by atoms with E-state index < -0.39 is 0 Å². The van der Waals surface area contributed by atoms with Gasteiger partial charge in [-0.25, -0.2) is 0 Å². The van der Waals surface area contributed by atoms with Gasteiger partial charge in [0.2, 0.25) is 0 Å². The molecule has 2 saturated carbocycles. The standard InChI is InChI=1S/C28H35NO3.2C2H6/c1-28-17-24(18-4-8-21(9-5-18)32-15-14-29(2)3)27-22-11-7-20(30)16-19(22)6-10-23(27)25(28)12-13-26(28)31;2*1-2/h4-5,8-9,16,23-25H,6-7,10-15,17H2,1-3H3;2*1-2H3/t23?,24-,25?,28-;;/m0../s1. The lowest BCUT2D eigenvalue weighted by Crippen LogP contribution is -2.43. The third-order valence-electron chi connectivity index (χ3n) is 8.53. The molecule has 36 heavy (non-hydrogen) atoms. The molecule has 0 bridgehead atoms. The molecule has 4 aliphatic carbocycles. The zero-order valence-electron chi connectivity index (χ0n) is 23.7. The van der Waals surface area contributed by atoms with Gasteiger partial charge < -0.3 is 9.64 Å². The van der Waals surface area contributed by atoms with Crippen molar-refractivity contribution in [2.75, 3.05) is 27.2 Å². The summed E-state index contributed by atoms with van der Waals surface area (Å²) in [5, 5.41) is 0. The second-order valence-electron chi connectivity index (χ2n) is 10.7. The van der Waals surface area contributed by atoms with E-state index in [1.165, 1.54) is 16.7 Å². The number of Topliss-reactive ketones (excluding diaryl/α,β-unsaturated/α-hetero) is 1. The second kappa shape index (κ2) is 12.4. The highest BCUT2D eigenvalue weighted by Gasteiger charge is 2.56. The molecular formula is C32H47NO3. The molecular weight excluding hydrogens is 446 g/mol. The molecule has 4 atom stereocenters. The van der Waals surface area contributed by atoms with Gasteiger partial charge in [-0.2, -0.15) is 0 Å². The number of nitrogens with zero attached hydrogens (tertiary/aromatic N) is 1. The molecule has 5 rings (SSSR count). The van der Waals surface area contributed by atoms with Crippen molar-refractivity contribution in [1.82, 2.24) is 4.90 Å². The Morgan fingerprint density at radius 2 is 1.64 bits per heavy atom. The third kappa shape index (κ3) is 5.54. The number of hydrogen-bond acceptors (Lipinski definition) is 4. The average Bonchev–Trinajstić information content (AvgIpc) is 3.20. The van der Waals surface area contributed by atoms with E-state index in [2.05, 4.69) is 36.1 Å². The summed E-state index contributed by atoms with van der Waals surface area (Å²) < 4.78 is 5.92. The van der Waals surface area contributed by atoms with Crippen LogP contribution in [0.5, 0.6) is 5.75 Å². The highest BCUT2D eigenvalue weighted by Crippen LogP contribution is 2.62. The fourth-order valence-corrected chi connectivity index (χ4v) is 6.87. The van der Waals surface area contributed by atoms with Crippen LogP contribution < -0.4 is 4.74 Å². The van der Waals surface area contributed by atoms with Gasteiger partial charge >= 0.3 is 0 Å². The van der Waals surface area contributed by atoms with Gasteiger partial charge in [-0.05, 0) is 93.0 Å². The van der Waals surface area contributed by atoms with Gasteiger partial charge in [-0.15, -0.1) is 0 Å². The van der Waals surface area contributed by atoms with E-state index in [4.69, 9.17) is 4.74 Å². The maximum atomic E-state index is 13.0. The van der Waals surface area contributed by atoms with Crippen LogP contribution in [0, 0.1) is 17.3 Å². The smallest absolute Gasteiger partial charge is 0.156 e. The summed E-state index contributed by atoms with van der Waals surface area (Å²) >= 11 is 0. The Hall–Kier alpha value is -2.20. The van der Waals surface area contributed by atoms with Crippen molar-refractivity contribution in [3.8, 4) is 5.75 Å². The summed E-state index contributed by atoms with van der Waals surface area (Å²) in [6.07, 6.45) is 8.13. The van der Waals surface area contributed by atoms with Crippen LogP contribution in [0.15, 0.2) is 47.1 Å². The lowest BCUT2D eigenvalue weighted by molar-refractivity contribution is -0.128. The van der Waals surface area contributed by atoms with E-state index in [1.807, 2.05) is 47.9 Å². The van der Waals surface area contributed by atoms with Crippen molar-refractivity contribution in [2.45, 2.75) is 85.5 Å². The number of fused-ring (bicyclic) bond motifs is 4. The molecule has 1 aromatic rings. The van der Waals surface area contributed by atoms with E-state index in [9.17, 15) is 9.59 Å². The van der Waals surface area contributed by atoms with E-state index in [1.54, 1.807) is 5.57 Å². The fourth-order valence-electron chi connectivity index (χ4n) is 6.87. The van der Waals surface area contributed by atoms with Gasteiger partial charge in [0.05, 0.1) is 0 Å². The first-order chi connectivity index (χ1) is 17.4. The first-order valence-electron chi connectivity index (χ1n) is 14.2. The van der Waals surface area contributed by atoms with Gasteiger partial charge in [0.1, 0.15) is 18.1 Å². The molecule has 0 N–H and O–H groups in total. The molecule has 4 nitrogen and oxygen atoms in total. The lowest BCUT2D eigenvalue weighted by atomic mass is 9.53. The van der Waals surface area contributed by atoms with Gasteiger partial charge in [-0.3, -0.25) is 9.59 Å². The lowest BCUT2D eigenvalue weighted by Gasteiger charge is -2.50. The molecule has 1 aromatic carbocycles. The molecule has 0 saturated heterocycles. The number of rotatable bonds is 5. The highest BCUT2D eigenvalue weighted by molar-refractivity contribution is 5.93. The van der Waals surface area contributed by atoms with Crippen LogP contribution >= 0.6 is 0 Å². The predicted octanol–water partition coefficient (Wildman–Crippen LogP) is 7.15. The van der Waals surface area contributed by atoms with Crippen LogP contribution in [-0.2, 0) is 9.59 Å². The third-order valence-corrected chi connectivity index (χ3v) is 8.53. The quantitative estimate of drug-likeness (QED) is 0.437. The number of benzene rings is 1. The SMILES string of the molecule is CC.CC.CN(C)CCOc1ccc([C@@H]2C[C@]3(C)C(=O)CCC3C3CCC4=CC(=O)CCC4=C32)cc1. The Labute approximate surface area is 219 Å². The number of carbonyl (C=O) groups excluding carboxylic acids is 2. The summed E-state index contributed by atoms with van der Waals surface area (Å²) in [6, 6.07) is 8.57. The zero-order chi connectivity index (χ0) is 26.5. The van der Waals surface area contributed by atoms with Crippen molar-refractivity contribution in [3.63, 3.8) is 0 Å². The Kier molecular flexibility index (Phi) is 9.74. The van der Waals surface area contributed by atoms with Crippen LogP contribution in [0.2, 0.25) is 0 Å². The monoisotopic (exact) mass is 493 g/mol. The topological polar surface area (TPSA) is 46.6 Å². The molecule has 0 spiro atoms. The van der Waals surface area contributed by atoms with Crippen molar-refractivity contribution in [2.24, 2.45) is 17.3 Å². The average molecular weight is 494 g/mol. The summed E-state index contributed by atoms with van der Waals surface area (Å²) in [5.74, 6) is 2.82. The summed E-state index contributed by atoms with van der Waals surface area (Å²) in [4.78, 5) is 27.3. The summed E-state index contributed by atoms with van der Waals surface area (Å²) in [6.45, 7) is 11.8. The van der Waals surface area contributed by atoms with Crippen LogP contribution in [0.25, 0.3) is 0 Å². The van der Waals surface area contributed by atoms with Gasteiger partial charge in [-0.1, -0.05) is 52.3 Å². The molecule has 2 fully saturated rings. The van der Waals surface area contributed by atoms with E-state index in [-0.39, 0.29) is 17.1 Å². The fraction of sp³-hybridized carbons (Fsp3) is 0.625. The molecule has 0 aromatic heterocycles. The number of allylic oxidation sites excluding steroid dienone is 4. The molecule has 0 aliphatic heterocycles. The number of likely N-dealkylation sites (N-methyl/N-ethyl adjacent to an activating group) is 1. The molecule has 0 amide bonds. The van der Waals surface area contributed by atoms with Crippen molar-refractivity contribution in [1.29, 1.82) is 0 Å². The Bertz CT molecular complexity index is 987. The zero-order valence-corrected chi connectivity index (χ0v) is 23.7. The normalized spacial score (nSPS) is 28.7. The molecule has 198 valence electrons. The van der Waals surface area contributed by atoms with Crippen LogP contribution in [0.1, 0.15) is 91.0 Å². The van der Waals surface area contributed by atoms with Crippen molar-refractivity contribution < 1.29 is 14.3 Å². The second-order valence-corrected chi connectivity index (χ2v) is 10.7. The minimum atomic E-state index is -0.216. The number of hydrogen-bond donors (Lipinski definition) is 0. The van der Waals surface area contributed by atoms with Gasteiger partial charge in [0, 0.05) is 30.7 Å². The van der Waals surface area contributed by atoms with E-state index >= 15 is 0 Å². The van der Waals surface area contributed by atoms with Crippen molar-refractivity contribution in [3.05, 3.63) is 52.6 Å². The largest absolute Gasteiger partial charge is 0.492 e. The van der Waals surface area contributed by atoms with Crippen LogP contribution in [-0.4, -0.2) is 43.7 Å². The first kappa shape index (κ1) is 28.4. The molecule has 4 heteroatoms. The first-order valence-corrected chi connectivity index (χ1v) is 14.2. The minimum Gasteiger partial charge on any atom is -0.492 e. The Morgan fingerprint density at radius 3 is 2.31 bits per heavy atom. The van der Waals surface area contributed by atoms with Crippen LogP contribution in [0.3, 0.4) is 0 Å². The molecule has 4 aliphatic rings. The van der Waals surface area contributed by atoms with Crippen molar-refractivity contribution >= 4 is 11.6 Å². The summed E-state index contributed by atoms with van der Waals surface area (Å²) in [7, 11) is 4.09. The summed E-state index contributed by atoms with van der Waals surface area (Å²) in [5.41, 5.74) is 5.34. The maximum Gasteiger partial charge on any atom is 0.156 e. The predicted molar refractivity (Wildman–Crippen MR) is 148 cm³/mol. The Morgan fingerprint density at radius 1 is 0.944 bits per heavy atom. The van der Waals surface area contributed by atoms with Gasteiger partial charge in [0.15, 0.2) is 5.78 Å². The van der Waals surface area contributed by atoms with Gasteiger partial charge in [0.25, 0.3) is 0 Å². The Balaban J connectivity index is 0.000000861. The molecule has 0 heterocycles. The molecule has 2 unspecified atom stereocenters. The minimum absolute atomic E-state index is 0.216. The number of ketones is 2. The van der Waals surface area contributed by atoms with Crippen LogP contribution in [0.4, 0.5) is 0 Å². The maximum absolute atomic E-state index is 13.0. The highest BCUT2D eigenvalue weighted by atomic mass is 16.5.